The first-order chi connectivity index (χ1) is 8.13. The molecule has 1 aromatic carbocycles. The minimum Gasteiger partial charge on any atom is -0.493 e. The summed E-state index contributed by atoms with van der Waals surface area (Å²) in [6, 6.07) is 2.93. The smallest absolute Gasteiger partial charge is 0.296 e. The fourth-order valence-electron chi connectivity index (χ4n) is 1.42. The predicted octanol–water partition coefficient (Wildman–Crippen LogP) is 2.43. The molecule has 0 aliphatic heterocycles. The van der Waals surface area contributed by atoms with Crippen molar-refractivity contribution in [1.82, 2.24) is 0 Å². The number of nitrogens with one attached hydrogen (secondary N) is 1. The molecule has 0 saturated carbocycles. The second kappa shape index (κ2) is 5.93. The van der Waals surface area contributed by atoms with Crippen LogP contribution in [0.2, 0.25) is 0 Å². The van der Waals surface area contributed by atoms with Gasteiger partial charge in [-0.25, -0.2) is 0 Å². The largest absolute Gasteiger partial charge is 0.493 e. The highest BCUT2D eigenvalue weighted by atomic mass is 16.6. The number of methoxy groups -OCH3 is 2. The molecule has 17 heavy (non-hydrogen) atoms. The van der Waals surface area contributed by atoms with Gasteiger partial charge in [-0.3, -0.25) is 10.1 Å². The van der Waals surface area contributed by atoms with Gasteiger partial charge < -0.3 is 14.8 Å². The maximum atomic E-state index is 10.9. The van der Waals surface area contributed by atoms with E-state index in [9.17, 15) is 10.1 Å². The van der Waals surface area contributed by atoms with Gasteiger partial charge in [-0.2, -0.15) is 0 Å². The van der Waals surface area contributed by atoms with Crippen LogP contribution in [0.1, 0.15) is 13.3 Å². The summed E-state index contributed by atoms with van der Waals surface area (Å²) in [5.74, 6) is 0.818. The molecule has 1 N–H and O–H groups in total. The Balaban J connectivity index is 3.19. The highest BCUT2D eigenvalue weighted by Crippen LogP contribution is 2.37. The van der Waals surface area contributed by atoms with E-state index in [0.717, 1.165) is 6.42 Å². The van der Waals surface area contributed by atoms with Crippen molar-refractivity contribution in [1.29, 1.82) is 0 Å². The lowest BCUT2D eigenvalue weighted by Crippen LogP contribution is -2.04. The van der Waals surface area contributed by atoms with Crippen LogP contribution >= 0.6 is 0 Å². The molecule has 0 heterocycles. The molecule has 1 rings (SSSR count). The Bertz CT molecular complexity index is 407. The van der Waals surface area contributed by atoms with Gasteiger partial charge in [0, 0.05) is 12.6 Å². The molecule has 0 aliphatic carbocycles. The van der Waals surface area contributed by atoms with Crippen LogP contribution in [0.5, 0.6) is 11.5 Å². The first-order valence-electron chi connectivity index (χ1n) is 5.28. The average molecular weight is 240 g/mol. The molecule has 0 fully saturated rings. The fraction of sp³-hybridized carbons (Fsp3) is 0.455. The summed E-state index contributed by atoms with van der Waals surface area (Å²) >= 11 is 0. The Morgan fingerprint density at radius 3 is 2.35 bits per heavy atom. The van der Waals surface area contributed by atoms with Crippen LogP contribution in [-0.4, -0.2) is 25.7 Å². The zero-order chi connectivity index (χ0) is 12.8. The standard InChI is InChI=1S/C11H16N2O4/c1-4-5-12-8-6-10(16-2)11(17-3)7-9(8)13(14)15/h6-7,12H,4-5H2,1-3H3. The molecule has 0 bridgehead atoms. The van der Waals surface area contributed by atoms with Gasteiger partial charge in [-0.1, -0.05) is 6.92 Å². The lowest BCUT2D eigenvalue weighted by atomic mass is 10.2. The lowest BCUT2D eigenvalue weighted by molar-refractivity contribution is -0.384. The summed E-state index contributed by atoms with van der Waals surface area (Å²) in [6.45, 7) is 2.65. The van der Waals surface area contributed by atoms with Crippen LogP contribution < -0.4 is 14.8 Å². The molecule has 0 amide bonds. The van der Waals surface area contributed by atoms with Crippen molar-refractivity contribution in [2.75, 3.05) is 26.1 Å². The summed E-state index contributed by atoms with van der Waals surface area (Å²) < 4.78 is 10.1. The van der Waals surface area contributed by atoms with E-state index < -0.39 is 4.92 Å². The Labute approximate surface area is 99.7 Å². The Morgan fingerprint density at radius 2 is 1.88 bits per heavy atom. The van der Waals surface area contributed by atoms with Crippen LogP contribution in [0, 0.1) is 10.1 Å². The first kappa shape index (κ1) is 13.1. The minimum absolute atomic E-state index is 0.0175. The SMILES string of the molecule is CCCNc1cc(OC)c(OC)cc1[N+](=O)[O-]. The molecule has 6 nitrogen and oxygen atoms in total. The second-order valence-corrected chi connectivity index (χ2v) is 3.41. The van der Waals surface area contributed by atoms with Crippen molar-refractivity contribution in [2.24, 2.45) is 0 Å². The van der Waals surface area contributed by atoms with E-state index in [-0.39, 0.29) is 5.69 Å². The predicted molar refractivity (Wildman–Crippen MR) is 65.0 cm³/mol. The minimum atomic E-state index is -0.444. The molecule has 0 unspecified atom stereocenters. The van der Waals surface area contributed by atoms with Gasteiger partial charge in [0.25, 0.3) is 5.69 Å². The van der Waals surface area contributed by atoms with E-state index in [1.54, 1.807) is 6.07 Å². The van der Waals surface area contributed by atoms with Crippen LogP contribution in [0.25, 0.3) is 0 Å². The van der Waals surface area contributed by atoms with Crippen LogP contribution in [0.15, 0.2) is 12.1 Å². The van der Waals surface area contributed by atoms with Crippen LogP contribution in [-0.2, 0) is 0 Å². The van der Waals surface area contributed by atoms with Crippen molar-refractivity contribution >= 4 is 11.4 Å². The third kappa shape index (κ3) is 2.99. The van der Waals surface area contributed by atoms with E-state index >= 15 is 0 Å². The van der Waals surface area contributed by atoms with Crippen molar-refractivity contribution in [3.05, 3.63) is 22.2 Å². The highest BCUT2D eigenvalue weighted by molar-refractivity contribution is 5.68. The number of anilines is 1. The summed E-state index contributed by atoms with van der Waals surface area (Å²) in [5.41, 5.74) is 0.422. The summed E-state index contributed by atoms with van der Waals surface area (Å²) in [4.78, 5) is 10.5. The average Bonchev–Trinajstić information content (AvgIpc) is 2.34. The number of benzene rings is 1. The number of nitro groups is 1. The Morgan fingerprint density at radius 1 is 1.29 bits per heavy atom. The monoisotopic (exact) mass is 240 g/mol. The molecule has 0 radical (unpaired) electrons. The maximum Gasteiger partial charge on any atom is 0.296 e. The van der Waals surface area contributed by atoms with Crippen LogP contribution in [0.3, 0.4) is 0 Å². The molecule has 94 valence electrons. The summed E-state index contributed by atoms with van der Waals surface area (Å²) in [5, 5.41) is 13.9. The second-order valence-electron chi connectivity index (χ2n) is 3.41. The third-order valence-corrected chi connectivity index (χ3v) is 2.26. The van der Waals surface area contributed by atoms with E-state index in [2.05, 4.69) is 5.32 Å². The van der Waals surface area contributed by atoms with Crippen molar-refractivity contribution in [2.45, 2.75) is 13.3 Å². The zero-order valence-corrected chi connectivity index (χ0v) is 10.1. The molecule has 0 aliphatic rings. The molecular formula is C11H16N2O4. The molecule has 6 heteroatoms. The van der Waals surface area contributed by atoms with E-state index in [1.807, 2.05) is 6.92 Å². The van der Waals surface area contributed by atoms with Gasteiger partial charge in [-0.05, 0) is 6.42 Å². The molecule has 1 aromatic rings. The Kier molecular flexibility index (Phi) is 4.56. The molecule has 0 atom stereocenters. The van der Waals surface area contributed by atoms with Gasteiger partial charge in [-0.15, -0.1) is 0 Å². The van der Waals surface area contributed by atoms with E-state index in [4.69, 9.17) is 9.47 Å². The third-order valence-electron chi connectivity index (χ3n) is 2.26. The number of rotatable bonds is 6. The van der Waals surface area contributed by atoms with Crippen molar-refractivity contribution < 1.29 is 14.4 Å². The van der Waals surface area contributed by atoms with Crippen molar-refractivity contribution in [3.63, 3.8) is 0 Å². The van der Waals surface area contributed by atoms with Gasteiger partial charge in [0.2, 0.25) is 0 Å². The van der Waals surface area contributed by atoms with Crippen LogP contribution in [0.4, 0.5) is 11.4 Å². The fourth-order valence-corrected chi connectivity index (χ4v) is 1.42. The van der Waals surface area contributed by atoms with Gasteiger partial charge >= 0.3 is 0 Å². The topological polar surface area (TPSA) is 73.6 Å². The lowest BCUT2D eigenvalue weighted by Gasteiger charge is -2.11. The maximum absolute atomic E-state index is 10.9. The number of nitro benzene ring substituents is 1. The summed E-state index contributed by atoms with van der Waals surface area (Å²) in [6.07, 6.45) is 0.880. The first-order valence-corrected chi connectivity index (χ1v) is 5.28. The van der Waals surface area contributed by atoms with Gasteiger partial charge in [0.15, 0.2) is 11.5 Å². The highest BCUT2D eigenvalue weighted by Gasteiger charge is 2.18. The van der Waals surface area contributed by atoms with E-state index in [1.165, 1.54) is 20.3 Å². The zero-order valence-electron chi connectivity index (χ0n) is 10.1. The molecular weight excluding hydrogens is 224 g/mol. The summed E-state index contributed by atoms with van der Waals surface area (Å²) in [7, 11) is 2.94. The van der Waals surface area contributed by atoms with Gasteiger partial charge in [0.1, 0.15) is 5.69 Å². The number of nitrogens with zero attached hydrogens (tertiary/aromatic N) is 1. The molecule has 0 spiro atoms. The number of ether oxygens (including phenoxy) is 2. The molecule has 0 aromatic heterocycles. The number of hydrogen-bond acceptors (Lipinski definition) is 5. The molecule has 0 saturated heterocycles. The van der Waals surface area contributed by atoms with E-state index in [0.29, 0.717) is 23.7 Å². The normalized spacial score (nSPS) is 9.82. The Hall–Kier alpha value is -1.98. The van der Waals surface area contributed by atoms with Crippen molar-refractivity contribution in [3.8, 4) is 11.5 Å². The number of hydrogen-bond donors (Lipinski definition) is 1. The van der Waals surface area contributed by atoms with Gasteiger partial charge in [0.05, 0.1) is 25.2 Å². The quantitative estimate of drug-likeness (QED) is 0.610.